The van der Waals surface area contributed by atoms with Crippen molar-refractivity contribution in [2.75, 3.05) is 19.7 Å². The van der Waals surface area contributed by atoms with Gasteiger partial charge in [-0.15, -0.1) is 0 Å². The topological polar surface area (TPSA) is 69.7 Å². The zero-order valence-corrected chi connectivity index (χ0v) is 14.5. The van der Waals surface area contributed by atoms with Crippen molar-refractivity contribution >= 4 is 33.9 Å². The number of nitrogens with one attached hydrogen (secondary N) is 1. The molecule has 0 bridgehead atoms. The highest BCUT2D eigenvalue weighted by Gasteiger charge is 2.33. The average Bonchev–Trinajstić information content (AvgIpc) is 3.00. The van der Waals surface area contributed by atoms with Gasteiger partial charge in [-0.1, -0.05) is 12.1 Å². The lowest BCUT2D eigenvalue weighted by Gasteiger charge is -2.27. The van der Waals surface area contributed by atoms with Crippen LogP contribution in [0.4, 0.5) is 5.82 Å². The van der Waals surface area contributed by atoms with Crippen molar-refractivity contribution in [2.24, 2.45) is 5.92 Å². The number of esters is 1. The molecule has 1 saturated heterocycles. The Kier molecular flexibility index (Phi) is 4.13. The van der Waals surface area contributed by atoms with E-state index in [2.05, 4.69) is 9.97 Å². The molecule has 1 aliphatic rings. The van der Waals surface area contributed by atoms with E-state index in [1.807, 2.05) is 38.1 Å². The summed E-state index contributed by atoms with van der Waals surface area (Å²) in [6.07, 6.45) is 1.83. The van der Waals surface area contributed by atoms with E-state index in [-0.39, 0.29) is 11.9 Å². The van der Waals surface area contributed by atoms with Crippen molar-refractivity contribution in [1.29, 1.82) is 0 Å². The molecule has 0 saturated carbocycles. The van der Waals surface area contributed by atoms with Crippen LogP contribution in [0.15, 0.2) is 28.7 Å². The van der Waals surface area contributed by atoms with E-state index in [9.17, 15) is 4.79 Å². The maximum absolute atomic E-state index is 12.2. The molecule has 1 N–H and O–H groups in total. The quantitative estimate of drug-likeness (QED) is 0.740. The van der Waals surface area contributed by atoms with Crippen LogP contribution < -0.4 is 4.90 Å². The molecule has 0 spiro atoms. The normalized spacial score (nSPS) is 20.9. The number of rotatable bonds is 3. The van der Waals surface area contributed by atoms with Gasteiger partial charge in [0.1, 0.15) is 22.8 Å². The monoisotopic (exact) mass is 340 g/mol. The lowest BCUT2D eigenvalue weighted by molar-refractivity contribution is -0.843. The van der Waals surface area contributed by atoms with Crippen LogP contribution >= 0.6 is 0 Å². The number of carbonyl (C=O) groups excluding carboxylic acids is 1. The molecule has 2 atom stereocenters. The molecule has 3 heterocycles. The number of piperidine rings is 1. The molecule has 2 aromatic heterocycles. The molecule has 1 aliphatic heterocycles. The number of hydrogen-bond donors (Lipinski definition) is 1. The lowest BCUT2D eigenvalue weighted by atomic mass is 9.98. The average molecular weight is 340 g/mol. The molecule has 2 unspecified atom stereocenters. The van der Waals surface area contributed by atoms with E-state index in [4.69, 9.17) is 9.15 Å². The van der Waals surface area contributed by atoms with Gasteiger partial charge >= 0.3 is 5.97 Å². The van der Waals surface area contributed by atoms with E-state index in [0.29, 0.717) is 13.2 Å². The number of aryl methyl sites for hydroxylation is 1. The fraction of sp³-hybridized carbons (Fsp3) is 0.421. The predicted molar refractivity (Wildman–Crippen MR) is 93.8 cm³/mol. The number of aromatic nitrogens is 2. The van der Waals surface area contributed by atoms with Gasteiger partial charge in [0.2, 0.25) is 5.58 Å². The van der Waals surface area contributed by atoms with E-state index >= 15 is 0 Å². The number of carbonyl (C=O) groups is 1. The van der Waals surface area contributed by atoms with Crippen LogP contribution in [0.2, 0.25) is 0 Å². The van der Waals surface area contributed by atoms with Gasteiger partial charge in [-0.25, -0.2) is 4.98 Å². The fourth-order valence-electron chi connectivity index (χ4n) is 3.68. The maximum Gasteiger partial charge on any atom is 0.314 e. The van der Waals surface area contributed by atoms with Gasteiger partial charge in [-0.3, -0.25) is 9.69 Å². The van der Waals surface area contributed by atoms with Crippen LogP contribution in [0.1, 0.15) is 25.6 Å². The van der Waals surface area contributed by atoms with Gasteiger partial charge in [0, 0.05) is 5.39 Å². The molecule has 0 radical (unpaired) electrons. The molecule has 130 valence electrons. The Bertz CT molecular complexity index is 934. The van der Waals surface area contributed by atoms with Crippen LogP contribution in [-0.4, -0.2) is 35.6 Å². The van der Waals surface area contributed by atoms with Crippen LogP contribution in [0.5, 0.6) is 0 Å². The van der Waals surface area contributed by atoms with Crippen molar-refractivity contribution in [1.82, 2.24) is 9.97 Å². The number of hydrogen-bond acceptors (Lipinski definition) is 5. The van der Waals surface area contributed by atoms with Gasteiger partial charge in [0.15, 0.2) is 0 Å². The third-order valence-electron chi connectivity index (χ3n) is 4.81. The third kappa shape index (κ3) is 2.87. The Morgan fingerprint density at radius 3 is 3.04 bits per heavy atom. The highest BCUT2D eigenvalue weighted by atomic mass is 16.5. The number of para-hydroxylation sites is 1. The predicted octanol–water partition coefficient (Wildman–Crippen LogP) is 2.17. The molecule has 25 heavy (non-hydrogen) atoms. The number of fused-ring (bicyclic) bond motifs is 3. The smallest absolute Gasteiger partial charge is 0.314 e. The molecule has 0 amide bonds. The summed E-state index contributed by atoms with van der Waals surface area (Å²) in [4.78, 5) is 22.6. The second-order valence-electron chi connectivity index (χ2n) is 6.54. The highest BCUT2D eigenvalue weighted by molar-refractivity contribution is 6.04. The summed E-state index contributed by atoms with van der Waals surface area (Å²) in [7, 11) is 0. The molecule has 6 nitrogen and oxygen atoms in total. The first-order valence-electron chi connectivity index (χ1n) is 8.85. The summed E-state index contributed by atoms with van der Waals surface area (Å²) in [6.45, 7) is 5.78. The standard InChI is InChI=1S/C19H21N3O3/c1-3-24-19(23)13-7-6-10-22(11-13)18-17-16(20-12(2)21-18)14-8-4-5-9-15(14)25-17/h4-5,8-9,13H,3,6-7,10-11H2,1-2H3/p+1. The van der Waals surface area contributed by atoms with Crippen molar-refractivity contribution in [3.05, 3.63) is 30.1 Å². The first-order valence-corrected chi connectivity index (χ1v) is 8.85. The SMILES string of the molecule is CCOC(=O)C1CCC[NH+](c2nc(C)nc3c2oc2ccccc23)C1. The summed E-state index contributed by atoms with van der Waals surface area (Å²) < 4.78 is 11.3. The van der Waals surface area contributed by atoms with Gasteiger partial charge in [-0.05, 0) is 38.8 Å². The largest absolute Gasteiger partial charge is 0.466 e. The zero-order chi connectivity index (χ0) is 17.4. The molecule has 3 aromatic rings. The van der Waals surface area contributed by atoms with Crippen LogP contribution in [0.25, 0.3) is 22.1 Å². The van der Waals surface area contributed by atoms with Crippen molar-refractivity contribution in [3.63, 3.8) is 0 Å². The van der Waals surface area contributed by atoms with Crippen molar-refractivity contribution in [2.45, 2.75) is 26.7 Å². The van der Waals surface area contributed by atoms with E-state index in [0.717, 1.165) is 53.1 Å². The maximum atomic E-state index is 12.2. The summed E-state index contributed by atoms with van der Waals surface area (Å²) in [5.41, 5.74) is 2.40. The van der Waals surface area contributed by atoms with E-state index < -0.39 is 0 Å². The fourth-order valence-corrected chi connectivity index (χ4v) is 3.68. The van der Waals surface area contributed by atoms with Crippen LogP contribution in [0.3, 0.4) is 0 Å². The molecule has 0 aliphatic carbocycles. The first-order chi connectivity index (χ1) is 12.2. The molecular formula is C19H22N3O3+. The van der Waals surface area contributed by atoms with Gasteiger partial charge in [0.05, 0.1) is 19.7 Å². The second-order valence-corrected chi connectivity index (χ2v) is 6.54. The molecule has 4 rings (SSSR count). The van der Waals surface area contributed by atoms with Crippen LogP contribution in [-0.2, 0) is 9.53 Å². The summed E-state index contributed by atoms with van der Waals surface area (Å²) in [5, 5.41) is 1.00. The Morgan fingerprint density at radius 2 is 2.20 bits per heavy atom. The lowest BCUT2D eigenvalue weighted by Crippen LogP contribution is -3.09. The van der Waals surface area contributed by atoms with Gasteiger partial charge < -0.3 is 9.15 Å². The minimum absolute atomic E-state index is 0.0848. The Hall–Kier alpha value is -2.47. The summed E-state index contributed by atoms with van der Waals surface area (Å²) in [6, 6.07) is 7.90. The minimum atomic E-state index is -0.105. The third-order valence-corrected chi connectivity index (χ3v) is 4.81. The van der Waals surface area contributed by atoms with Gasteiger partial charge in [0.25, 0.3) is 5.82 Å². The Labute approximate surface area is 145 Å². The second kappa shape index (κ2) is 6.44. The summed E-state index contributed by atoms with van der Waals surface area (Å²) in [5.74, 6) is 1.39. The number of benzene rings is 1. The summed E-state index contributed by atoms with van der Waals surface area (Å²) >= 11 is 0. The van der Waals surface area contributed by atoms with Crippen molar-refractivity contribution < 1.29 is 18.8 Å². The Balaban J connectivity index is 1.76. The number of quaternary nitrogens is 1. The van der Waals surface area contributed by atoms with Crippen LogP contribution in [0, 0.1) is 12.8 Å². The highest BCUT2D eigenvalue weighted by Crippen LogP contribution is 2.30. The Morgan fingerprint density at radius 1 is 1.36 bits per heavy atom. The first kappa shape index (κ1) is 16.0. The number of furan rings is 1. The van der Waals surface area contributed by atoms with E-state index in [1.54, 1.807) is 0 Å². The number of ether oxygens (including phenoxy) is 1. The van der Waals surface area contributed by atoms with Crippen molar-refractivity contribution in [3.8, 4) is 0 Å². The minimum Gasteiger partial charge on any atom is -0.466 e. The molecule has 1 aromatic carbocycles. The van der Waals surface area contributed by atoms with Gasteiger partial charge in [-0.2, -0.15) is 4.98 Å². The molecule has 6 heteroatoms. The molecule has 1 fully saturated rings. The zero-order valence-electron chi connectivity index (χ0n) is 14.5. The van der Waals surface area contributed by atoms with E-state index in [1.165, 1.54) is 4.90 Å². The molecular weight excluding hydrogens is 318 g/mol. The number of nitrogens with zero attached hydrogens (tertiary/aromatic N) is 2.